The largest absolute Gasteiger partial charge is 0.390 e. The van der Waals surface area contributed by atoms with E-state index in [4.69, 9.17) is 0 Å². The Hall–Kier alpha value is -1.70. The predicted molar refractivity (Wildman–Crippen MR) is 95.8 cm³/mol. The molecule has 7 atom stereocenters. The summed E-state index contributed by atoms with van der Waals surface area (Å²) in [5, 5.41) is 31.0. The monoisotopic (exact) mass is 392 g/mol. The molecule has 3 fully saturated rings. The van der Waals surface area contributed by atoms with Gasteiger partial charge in [-0.05, 0) is 44.3 Å². The molecule has 152 valence electrons. The number of Topliss-reactive ketones (excluding diaryl/α,β-unsaturated/α-hetero) is 2. The number of allylic oxidation sites excluding steroid dienone is 4. The Bertz CT molecular complexity index is 848. The molecule has 3 saturated carbocycles. The van der Waals surface area contributed by atoms with E-state index in [0.29, 0.717) is 12.0 Å². The highest BCUT2D eigenvalue weighted by Crippen LogP contribution is 2.68. The summed E-state index contributed by atoms with van der Waals surface area (Å²) in [6, 6.07) is 0. The molecule has 0 aromatic carbocycles. The molecule has 4 rings (SSSR count). The number of ketones is 3. The Morgan fingerprint density at radius 3 is 2.61 bits per heavy atom. The molecule has 7 heteroatoms. The van der Waals surface area contributed by atoms with Gasteiger partial charge in [-0.1, -0.05) is 18.6 Å². The number of aliphatic hydroxyl groups excluding tert-OH is 2. The molecule has 4 aliphatic carbocycles. The average molecular weight is 392 g/mol. The summed E-state index contributed by atoms with van der Waals surface area (Å²) < 4.78 is 16.7. The van der Waals surface area contributed by atoms with Crippen molar-refractivity contribution in [2.75, 3.05) is 6.61 Å². The Kier molecular flexibility index (Phi) is 3.98. The van der Waals surface area contributed by atoms with Gasteiger partial charge in [-0.15, -0.1) is 0 Å². The molecule has 0 aromatic heterocycles. The number of rotatable bonds is 2. The van der Waals surface area contributed by atoms with Crippen LogP contribution in [0.2, 0.25) is 0 Å². The van der Waals surface area contributed by atoms with Gasteiger partial charge in [-0.3, -0.25) is 14.4 Å². The first-order chi connectivity index (χ1) is 13.0. The fourth-order valence-corrected chi connectivity index (χ4v) is 6.58. The zero-order chi connectivity index (χ0) is 20.7. The number of fused-ring (bicyclic) bond motifs is 5. The molecule has 0 radical (unpaired) electrons. The van der Waals surface area contributed by atoms with Gasteiger partial charge in [0.1, 0.15) is 6.61 Å². The van der Waals surface area contributed by atoms with Gasteiger partial charge in [0.15, 0.2) is 28.6 Å². The smallest absolute Gasteiger partial charge is 0.192 e. The lowest BCUT2D eigenvalue weighted by Gasteiger charge is -2.59. The zero-order valence-electron chi connectivity index (χ0n) is 15.9. The summed E-state index contributed by atoms with van der Waals surface area (Å²) in [5.74, 6) is -3.35. The van der Waals surface area contributed by atoms with E-state index in [2.05, 4.69) is 0 Å². The number of carbonyl (C=O) groups excluding carboxylic acids is 3. The van der Waals surface area contributed by atoms with Gasteiger partial charge < -0.3 is 15.3 Å². The maximum Gasteiger partial charge on any atom is 0.192 e. The minimum Gasteiger partial charge on any atom is -0.390 e. The van der Waals surface area contributed by atoms with Crippen LogP contribution in [0.1, 0.15) is 39.5 Å². The molecule has 0 amide bonds. The number of halogens is 1. The quantitative estimate of drug-likeness (QED) is 0.642. The average Bonchev–Trinajstić information content (AvgIpc) is 2.84. The summed E-state index contributed by atoms with van der Waals surface area (Å²) in [4.78, 5) is 37.4. The van der Waals surface area contributed by atoms with Crippen molar-refractivity contribution in [1.82, 2.24) is 0 Å². The summed E-state index contributed by atoms with van der Waals surface area (Å²) in [6.45, 7) is 2.18. The fourth-order valence-electron chi connectivity index (χ4n) is 6.58. The molecular weight excluding hydrogens is 367 g/mol. The first kappa shape index (κ1) is 19.6. The van der Waals surface area contributed by atoms with E-state index in [1.54, 1.807) is 6.92 Å². The highest BCUT2D eigenvalue weighted by Gasteiger charge is 2.76. The van der Waals surface area contributed by atoms with Crippen molar-refractivity contribution in [2.24, 2.45) is 22.7 Å². The summed E-state index contributed by atoms with van der Waals surface area (Å²) in [5.41, 5.74) is -6.63. The van der Waals surface area contributed by atoms with E-state index in [1.807, 2.05) is 0 Å². The third kappa shape index (κ3) is 1.95. The van der Waals surface area contributed by atoms with Gasteiger partial charge in [-0.25, -0.2) is 4.39 Å². The topological polar surface area (TPSA) is 112 Å². The molecule has 0 spiro atoms. The molecule has 4 aliphatic rings. The van der Waals surface area contributed by atoms with Crippen LogP contribution in [0.3, 0.4) is 0 Å². The highest BCUT2D eigenvalue weighted by molar-refractivity contribution is 6.03. The Balaban J connectivity index is 1.85. The lowest BCUT2D eigenvalue weighted by Crippen LogP contribution is -2.68. The maximum absolute atomic E-state index is 16.7. The molecule has 0 saturated heterocycles. The Labute approximate surface area is 162 Å². The van der Waals surface area contributed by atoms with Gasteiger partial charge in [-0.2, -0.15) is 0 Å². The number of hydrogen-bond acceptors (Lipinski definition) is 6. The second-order valence-corrected chi connectivity index (χ2v) is 9.19. The van der Waals surface area contributed by atoms with Crippen molar-refractivity contribution in [3.8, 4) is 0 Å². The number of alkyl halides is 1. The lowest BCUT2D eigenvalue weighted by molar-refractivity contribution is -0.191. The van der Waals surface area contributed by atoms with Crippen LogP contribution in [0.25, 0.3) is 0 Å². The van der Waals surface area contributed by atoms with E-state index in [0.717, 1.165) is 0 Å². The molecule has 0 bridgehead atoms. The lowest BCUT2D eigenvalue weighted by atomic mass is 9.45. The van der Waals surface area contributed by atoms with Crippen LogP contribution >= 0.6 is 0 Å². The zero-order valence-corrected chi connectivity index (χ0v) is 15.9. The van der Waals surface area contributed by atoms with Crippen LogP contribution in [-0.2, 0) is 14.4 Å². The van der Waals surface area contributed by atoms with Gasteiger partial charge in [0.2, 0.25) is 0 Å². The van der Waals surface area contributed by atoms with Crippen LogP contribution in [0, 0.1) is 22.7 Å². The predicted octanol–water partition coefficient (Wildman–Crippen LogP) is 0.829. The number of carbonyl (C=O) groups is 3. The molecule has 0 unspecified atom stereocenters. The van der Waals surface area contributed by atoms with E-state index in [1.165, 1.54) is 25.2 Å². The summed E-state index contributed by atoms with van der Waals surface area (Å²) >= 11 is 0. The molecule has 0 aromatic rings. The minimum atomic E-state index is -2.29. The SMILES string of the molecule is C[C@]12C=CC(=O)C=C1CC[C@H]1[C@@H]3C[C@@H](O)[C@](O)(C(=O)CO)[C@@]3(C)CC(=O)[C@@]12F. The fraction of sp³-hybridized carbons (Fsp3) is 0.667. The van der Waals surface area contributed by atoms with Crippen molar-refractivity contribution in [3.05, 3.63) is 23.8 Å². The second-order valence-electron chi connectivity index (χ2n) is 9.19. The van der Waals surface area contributed by atoms with Gasteiger partial charge in [0, 0.05) is 23.2 Å². The molecule has 3 N–H and O–H groups in total. The van der Waals surface area contributed by atoms with E-state index >= 15 is 4.39 Å². The second kappa shape index (κ2) is 5.68. The van der Waals surface area contributed by atoms with E-state index in [9.17, 15) is 29.7 Å². The van der Waals surface area contributed by atoms with Crippen molar-refractivity contribution >= 4 is 17.3 Å². The van der Waals surface area contributed by atoms with Crippen molar-refractivity contribution < 1.29 is 34.1 Å². The molecule has 0 heterocycles. The Morgan fingerprint density at radius 1 is 1.29 bits per heavy atom. The van der Waals surface area contributed by atoms with Gasteiger partial charge in [0.25, 0.3) is 0 Å². The van der Waals surface area contributed by atoms with Crippen molar-refractivity contribution in [2.45, 2.75) is 56.9 Å². The third-order valence-electron chi connectivity index (χ3n) is 8.19. The highest BCUT2D eigenvalue weighted by atomic mass is 19.1. The maximum atomic E-state index is 16.7. The number of hydrogen-bond donors (Lipinski definition) is 3. The number of aliphatic hydroxyl groups is 3. The van der Waals surface area contributed by atoms with E-state index in [-0.39, 0.29) is 18.6 Å². The normalized spacial score (nSPS) is 49.9. The molecular formula is C21H25FO6. The van der Waals surface area contributed by atoms with Crippen LogP contribution in [0.4, 0.5) is 4.39 Å². The standard InChI is InChI=1S/C21H25FO6/c1-18-6-5-12(24)7-11(18)3-4-13-14-8-15(25)21(28,17(27)10-23)19(14,2)9-16(26)20(13,18)22/h5-7,13-15,23,25,28H,3-4,8-10H2,1-2H3/t13-,14-,15+,18-,19-,20-,21-/m0/s1. The molecule has 6 nitrogen and oxygen atoms in total. The Morgan fingerprint density at radius 2 is 1.96 bits per heavy atom. The first-order valence-corrected chi connectivity index (χ1v) is 9.68. The summed E-state index contributed by atoms with van der Waals surface area (Å²) in [7, 11) is 0. The first-order valence-electron chi connectivity index (χ1n) is 9.68. The van der Waals surface area contributed by atoms with Gasteiger partial charge >= 0.3 is 0 Å². The van der Waals surface area contributed by atoms with Crippen LogP contribution in [0.5, 0.6) is 0 Å². The van der Waals surface area contributed by atoms with Gasteiger partial charge in [0.05, 0.1) is 6.10 Å². The minimum absolute atomic E-state index is 0.0276. The molecule has 0 aliphatic heterocycles. The van der Waals surface area contributed by atoms with Crippen LogP contribution in [0.15, 0.2) is 23.8 Å². The van der Waals surface area contributed by atoms with Crippen molar-refractivity contribution in [3.63, 3.8) is 0 Å². The van der Waals surface area contributed by atoms with Crippen LogP contribution < -0.4 is 0 Å². The third-order valence-corrected chi connectivity index (χ3v) is 8.19. The van der Waals surface area contributed by atoms with Crippen molar-refractivity contribution in [1.29, 1.82) is 0 Å². The van der Waals surface area contributed by atoms with Crippen LogP contribution in [-0.4, -0.2) is 56.6 Å². The molecule has 28 heavy (non-hydrogen) atoms. The van der Waals surface area contributed by atoms with E-state index < -0.39 is 64.6 Å². The summed E-state index contributed by atoms with van der Waals surface area (Å²) in [6.07, 6.45) is 2.91.